The number of anilines is 1. The Morgan fingerprint density at radius 2 is 1.97 bits per heavy atom. The summed E-state index contributed by atoms with van der Waals surface area (Å²) in [5, 5.41) is 12.5. The number of nitrogen functional groups attached to an aromatic ring is 1. The van der Waals surface area contributed by atoms with Crippen LogP contribution >= 0.6 is 23.1 Å². The van der Waals surface area contributed by atoms with Gasteiger partial charge in [-0.3, -0.25) is 4.79 Å². The Labute approximate surface area is 207 Å². The molecule has 1 aliphatic rings. The first-order valence-corrected chi connectivity index (χ1v) is 13.3. The lowest BCUT2D eigenvalue weighted by molar-refractivity contribution is -0.115. The van der Waals surface area contributed by atoms with Crippen molar-refractivity contribution in [2.24, 2.45) is 0 Å². The summed E-state index contributed by atoms with van der Waals surface area (Å²) in [6.45, 7) is 2.09. The van der Waals surface area contributed by atoms with Crippen LogP contribution in [-0.2, 0) is 35.2 Å². The molecule has 0 bridgehead atoms. The van der Waals surface area contributed by atoms with Gasteiger partial charge in [0.2, 0.25) is 11.1 Å². The van der Waals surface area contributed by atoms with Gasteiger partial charge in [-0.15, -0.1) is 21.5 Å². The average Bonchev–Trinajstić information content (AvgIpc) is 3.38. The van der Waals surface area contributed by atoms with Crippen LogP contribution < -0.4 is 11.2 Å². The van der Waals surface area contributed by atoms with Gasteiger partial charge in [0.15, 0.2) is 5.82 Å². The molecular formula is C24H29N5O3S2. The van der Waals surface area contributed by atoms with E-state index in [1.165, 1.54) is 38.2 Å². The molecule has 0 saturated carbocycles. The largest absolute Gasteiger partial charge is 0.462 e. The summed E-state index contributed by atoms with van der Waals surface area (Å²) >= 11 is 2.89. The fraction of sp³-hybridized carbons (Fsp3) is 0.417. The molecule has 0 fully saturated rings. The molecule has 2 aromatic heterocycles. The summed E-state index contributed by atoms with van der Waals surface area (Å²) in [6.07, 6.45) is 5.73. The third kappa shape index (κ3) is 5.79. The molecule has 3 N–H and O–H groups in total. The van der Waals surface area contributed by atoms with Crippen LogP contribution in [0.25, 0.3) is 0 Å². The lowest BCUT2D eigenvalue weighted by Crippen LogP contribution is -2.17. The zero-order chi connectivity index (χ0) is 23.9. The number of thiophene rings is 1. The van der Waals surface area contributed by atoms with E-state index >= 15 is 0 Å². The second-order valence-corrected chi connectivity index (χ2v) is 10.2. The number of nitrogens with two attached hydrogens (primary N) is 1. The van der Waals surface area contributed by atoms with Gasteiger partial charge in [0.1, 0.15) is 5.00 Å². The third-order valence-electron chi connectivity index (χ3n) is 5.68. The number of carbonyl (C=O) groups is 2. The van der Waals surface area contributed by atoms with Crippen LogP contribution in [-0.4, -0.2) is 39.1 Å². The van der Waals surface area contributed by atoms with Gasteiger partial charge in [-0.1, -0.05) is 42.1 Å². The van der Waals surface area contributed by atoms with Gasteiger partial charge >= 0.3 is 5.97 Å². The van der Waals surface area contributed by atoms with Crippen LogP contribution in [0.5, 0.6) is 0 Å². The summed E-state index contributed by atoms with van der Waals surface area (Å²) in [5.41, 5.74) is 2.79. The number of fused-ring (bicyclic) bond motifs is 1. The normalized spacial score (nSPS) is 12.9. The first-order valence-electron chi connectivity index (χ1n) is 11.5. The predicted octanol–water partition coefficient (Wildman–Crippen LogP) is 4.02. The molecule has 10 heteroatoms. The van der Waals surface area contributed by atoms with Crippen molar-refractivity contribution < 1.29 is 14.3 Å². The van der Waals surface area contributed by atoms with Crippen LogP contribution in [0.4, 0.5) is 5.00 Å². The molecule has 1 amide bonds. The fourth-order valence-corrected chi connectivity index (χ4v) is 6.08. The third-order valence-corrected chi connectivity index (χ3v) is 7.83. The number of hydrogen-bond donors (Lipinski definition) is 2. The zero-order valence-electron chi connectivity index (χ0n) is 19.2. The van der Waals surface area contributed by atoms with E-state index in [-0.39, 0.29) is 18.3 Å². The molecule has 0 saturated heterocycles. The van der Waals surface area contributed by atoms with Crippen molar-refractivity contribution in [2.45, 2.75) is 57.0 Å². The first kappa shape index (κ1) is 24.3. The molecule has 3 aromatic rings. The molecule has 0 spiro atoms. The molecule has 34 heavy (non-hydrogen) atoms. The Hall–Kier alpha value is -2.85. The minimum atomic E-state index is -0.356. The topological polar surface area (TPSA) is 112 Å². The maximum absolute atomic E-state index is 12.7. The molecular weight excluding hydrogens is 470 g/mol. The van der Waals surface area contributed by atoms with Gasteiger partial charge in [-0.2, -0.15) is 0 Å². The highest BCUT2D eigenvalue weighted by Crippen LogP contribution is 2.38. The Balaban J connectivity index is 1.32. The van der Waals surface area contributed by atoms with Crippen LogP contribution in [0, 0.1) is 0 Å². The first-order chi connectivity index (χ1) is 16.6. The average molecular weight is 500 g/mol. The molecule has 2 heterocycles. The highest BCUT2D eigenvalue weighted by atomic mass is 32.2. The fourth-order valence-electron chi connectivity index (χ4n) is 3.97. The number of amides is 1. The molecule has 8 nitrogen and oxygen atoms in total. The zero-order valence-corrected chi connectivity index (χ0v) is 20.8. The molecule has 0 radical (unpaired) electrons. The van der Waals surface area contributed by atoms with Crippen molar-refractivity contribution in [3.8, 4) is 0 Å². The second kappa shape index (κ2) is 11.5. The van der Waals surface area contributed by atoms with E-state index in [4.69, 9.17) is 10.6 Å². The van der Waals surface area contributed by atoms with E-state index in [1.54, 1.807) is 6.92 Å². The Bertz CT molecular complexity index is 1140. The molecule has 4 rings (SSSR count). The number of rotatable bonds is 10. The maximum atomic E-state index is 12.7. The van der Waals surface area contributed by atoms with Gasteiger partial charge in [0.05, 0.1) is 12.2 Å². The molecule has 0 aliphatic heterocycles. The van der Waals surface area contributed by atoms with Crippen molar-refractivity contribution in [3.05, 3.63) is 57.7 Å². The summed E-state index contributed by atoms with van der Waals surface area (Å²) in [4.78, 5) is 26.4. The number of esters is 1. The van der Waals surface area contributed by atoms with E-state index < -0.39 is 0 Å². The highest BCUT2D eigenvalue weighted by molar-refractivity contribution is 7.99. The monoisotopic (exact) mass is 499 g/mol. The summed E-state index contributed by atoms with van der Waals surface area (Å²) in [5.74, 6) is 6.87. The summed E-state index contributed by atoms with van der Waals surface area (Å²) in [7, 11) is 0. The standard InChI is InChI=1S/C24H29N5O3S2/c1-2-32-23(31)21-17-10-6-7-11-18(17)34-22(21)26-20(30)14-15-33-24-28-27-19(29(24)25)13-12-16-8-4-3-5-9-16/h3-5,8-9H,2,6-7,10-15,25H2,1H3,(H,26,30). The van der Waals surface area contributed by atoms with Crippen molar-refractivity contribution in [2.75, 3.05) is 23.5 Å². The van der Waals surface area contributed by atoms with Gasteiger partial charge in [-0.05, 0) is 50.2 Å². The van der Waals surface area contributed by atoms with E-state index in [2.05, 4.69) is 27.6 Å². The minimum absolute atomic E-state index is 0.149. The molecule has 0 atom stereocenters. The maximum Gasteiger partial charge on any atom is 0.341 e. The summed E-state index contributed by atoms with van der Waals surface area (Å²) in [6, 6.07) is 10.2. The number of aromatic nitrogens is 3. The predicted molar refractivity (Wildman–Crippen MR) is 135 cm³/mol. The smallest absolute Gasteiger partial charge is 0.341 e. The number of carbonyl (C=O) groups excluding carboxylic acids is 2. The summed E-state index contributed by atoms with van der Waals surface area (Å²) < 4.78 is 6.76. The lowest BCUT2D eigenvalue weighted by Gasteiger charge is -2.12. The van der Waals surface area contributed by atoms with Crippen molar-refractivity contribution >= 4 is 40.0 Å². The Kier molecular flexibility index (Phi) is 8.23. The SMILES string of the molecule is CCOC(=O)c1c(NC(=O)CCSc2nnc(CCc3ccccc3)n2N)sc2c1CCCC2. The van der Waals surface area contributed by atoms with E-state index in [0.717, 1.165) is 37.7 Å². The number of aryl methyl sites for hydroxylation is 3. The van der Waals surface area contributed by atoms with Crippen molar-refractivity contribution in [1.29, 1.82) is 0 Å². The van der Waals surface area contributed by atoms with Gasteiger partial charge in [-0.25, -0.2) is 9.47 Å². The van der Waals surface area contributed by atoms with Gasteiger partial charge < -0.3 is 15.9 Å². The number of hydrogen-bond acceptors (Lipinski definition) is 8. The molecule has 1 aromatic carbocycles. The van der Waals surface area contributed by atoms with E-state index in [1.807, 2.05) is 18.2 Å². The van der Waals surface area contributed by atoms with Crippen LogP contribution in [0.3, 0.4) is 0 Å². The van der Waals surface area contributed by atoms with Crippen molar-refractivity contribution in [3.63, 3.8) is 0 Å². The Morgan fingerprint density at radius 3 is 2.76 bits per heavy atom. The minimum Gasteiger partial charge on any atom is -0.462 e. The van der Waals surface area contributed by atoms with Gasteiger partial charge in [0.25, 0.3) is 0 Å². The lowest BCUT2D eigenvalue weighted by atomic mass is 9.95. The van der Waals surface area contributed by atoms with Gasteiger partial charge in [0, 0.05) is 23.5 Å². The number of ether oxygens (including phenoxy) is 1. The second-order valence-electron chi connectivity index (χ2n) is 8.04. The number of benzene rings is 1. The van der Waals surface area contributed by atoms with Crippen molar-refractivity contribution in [1.82, 2.24) is 14.9 Å². The number of nitrogens with one attached hydrogen (secondary N) is 1. The number of thioether (sulfide) groups is 1. The highest BCUT2D eigenvalue weighted by Gasteiger charge is 2.27. The quantitative estimate of drug-likeness (QED) is 0.246. The van der Waals surface area contributed by atoms with Crippen LogP contribution in [0.1, 0.15) is 58.4 Å². The molecule has 180 valence electrons. The number of nitrogens with zero attached hydrogens (tertiary/aromatic N) is 3. The van der Waals surface area contributed by atoms with E-state index in [0.29, 0.717) is 40.3 Å². The molecule has 0 unspecified atom stereocenters. The molecule has 1 aliphatic carbocycles. The van der Waals surface area contributed by atoms with Crippen LogP contribution in [0.2, 0.25) is 0 Å². The Morgan fingerprint density at radius 1 is 1.18 bits per heavy atom. The van der Waals surface area contributed by atoms with E-state index in [9.17, 15) is 9.59 Å². The van der Waals surface area contributed by atoms with Crippen LogP contribution in [0.15, 0.2) is 35.5 Å².